The molecule has 166 valence electrons. The van der Waals surface area contributed by atoms with Crippen LogP contribution in [0.15, 0.2) is 53.5 Å². The summed E-state index contributed by atoms with van der Waals surface area (Å²) in [4.78, 5) is 14.7. The molecule has 0 amide bonds. The van der Waals surface area contributed by atoms with E-state index in [-0.39, 0.29) is 23.6 Å². The molecule has 0 saturated carbocycles. The number of rotatable bonds is 10. The van der Waals surface area contributed by atoms with Crippen LogP contribution >= 0.6 is 11.6 Å². The predicted octanol–water partition coefficient (Wildman–Crippen LogP) is 5.65. The lowest BCUT2D eigenvalue weighted by Crippen LogP contribution is -2.29. The number of aromatic nitrogens is 1. The van der Waals surface area contributed by atoms with E-state index in [9.17, 15) is 4.79 Å². The second kappa shape index (κ2) is 10.7. The molecule has 2 unspecified atom stereocenters. The second-order valence-corrected chi connectivity index (χ2v) is 8.26. The van der Waals surface area contributed by atoms with Crippen LogP contribution in [0.3, 0.4) is 0 Å². The third-order valence-corrected chi connectivity index (χ3v) is 6.18. The van der Waals surface area contributed by atoms with Crippen molar-refractivity contribution in [3.63, 3.8) is 0 Å². The van der Waals surface area contributed by atoms with Crippen molar-refractivity contribution in [2.45, 2.75) is 57.6 Å². The summed E-state index contributed by atoms with van der Waals surface area (Å²) in [7, 11) is 1.68. The van der Waals surface area contributed by atoms with E-state index in [1.54, 1.807) is 19.4 Å². The number of hydrogen-bond acceptors (Lipinski definition) is 4. The van der Waals surface area contributed by atoms with Crippen LogP contribution in [-0.4, -0.2) is 24.2 Å². The SMILES string of the molecule is CCC(N)C(CC[C@@H](CC)Oc1cc2cc[nH]c(=O)c2cc1Cl)c1cccc(OC)c1. The highest BCUT2D eigenvalue weighted by Crippen LogP contribution is 2.33. The van der Waals surface area contributed by atoms with Gasteiger partial charge in [0, 0.05) is 17.6 Å². The minimum atomic E-state index is -0.160. The van der Waals surface area contributed by atoms with Crippen LogP contribution < -0.4 is 20.8 Å². The molecule has 3 rings (SSSR count). The summed E-state index contributed by atoms with van der Waals surface area (Å²) in [5, 5.41) is 1.80. The number of pyridine rings is 1. The maximum absolute atomic E-state index is 12.0. The van der Waals surface area contributed by atoms with Gasteiger partial charge in [0.15, 0.2) is 0 Å². The predicted molar refractivity (Wildman–Crippen MR) is 128 cm³/mol. The molecule has 0 spiro atoms. The van der Waals surface area contributed by atoms with Gasteiger partial charge in [-0.05, 0) is 72.9 Å². The van der Waals surface area contributed by atoms with Crippen LogP contribution in [-0.2, 0) is 0 Å². The molecule has 3 aromatic rings. The van der Waals surface area contributed by atoms with Gasteiger partial charge >= 0.3 is 0 Å². The van der Waals surface area contributed by atoms with Gasteiger partial charge in [-0.15, -0.1) is 0 Å². The van der Waals surface area contributed by atoms with Gasteiger partial charge in [0.1, 0.15) is 11.5 Å². The van der Waals surface area contributed by atoms with Gasteiger partial charge in [0.2, 0.25) is 0 Å². The maximum Gasteiger partial charge on any atom is 0.255 e. The van der Waals surface area contributed by atoms with E-state index < -0.39 is 0 Å². The Morgan fingerprint density at radius 1 is 1.10 bits per heavy atom. The smallest absolute Gasteiger partial charge is 0.255 e. The standard InChI is InChI=1S/C25H31ClN2O3/c1-4-18(31-24-14-17-11-12-28-25(29)21(17)15-22(24)26)9-10-20(23(27)5-2)16-7-6-8-19(13-16)30-3/h6-8,11-15,18,20,23H,4-5,9-10,27H2,1-3H3,(H,28,29)/t18-,20?,23?/m1/s1. The van der Waals surface area contributed by atoms with Crippen molar-refractivity contribution in [1.29, 1.82) is 0 Å². The van der Waals surface area contributed by atoms with Crippen molar-refractivity contribution in [3.8, 4) is 11.5 Å². The monoisotopic (exact) mass is 442 g/mol. The highest BCUT2D eigenvalue weighted by molar-refractivity contribution is 6.32. The van der Waals surface area contributed by atoms with E-state index in [1.807, 2.05) is 24.3 Å². The fourth-order valence-corrected chi connectivity index (χ4v) is 4.16. The van der Waals surface area contributed by atoms with Gasteiger partial charge in [-0.1, -0.05) is 37.6 Å². The zero-order chi connectivity index (χ0) is 22.4. The van der Waals surface area contributed by atoms with Crippen LogP contribution in [0.5, 0.6) is 11.5 Å². The minimum absolute atomic E-state index is 0.00545. The molecule has 0 bridgehead atoms. The molecular weight excluding hydrogens is 412 g/mol. The first-order valence-corrected chi connectivity index (χ1v) is 11.2. The molecule has 0 aliphatic carbocycles. The highest BCUT2D eigenvalue weighted by Gasteiger charge is 2.22. The molecule has 0 saturated heterocycles. The number of fused-ring (bicyclic) bond motifs is 1. The summed E-state index contributed by atoms with van der Waals surface area (Å²) in [6.07, 6.45) is 5.10. The largest absolute Gasteiger partial charge is 0.497 e. The maximum atomic E-state index is 12.0. The Bertz CT molecular complexity index is 1070. The molecule has 1 aromatic heterocycles. The van der Waals surface area contributed by atoms with Crippen molar-refractivity contribution in [3.05, 3.63) is 69.6 Å². The van der Waals surface area contributed by atoms with Gasteiger partial charge in [-0.2, -0.15) is 0 Å². The first-order chi connectivity index (χ1) is 15.0. The molecule has 3 atom stereocenters. The molecule has 3 N–H and O–H groups in total. The van der Waals surface area contributed by atoms with Crippen molar-refractivity contribution >= 4 is 22.4 Å². The summed E-state index contributed by atoms with van der Waals surface area (Å²) < 4.78 is 11.7. The molecule has 6 heteroatoms. The van der Waals surface area contributed by atoms with Gasteiger partial charge < -0.3 is 20.2 Å². The molecule has 0 aliphatic heterocycles. The zero-order valence-corrected chi connectivity index (χ0v) is 19.1. The summed E-state index contributed by atoms with van der Waals surface area (Å²) in [6.45, 7) is 4.22. The lowest BCUT2D eigenvalue weighted by atomic mass is 9.85. The minimum Gasteiger partial charge on any atom is -0.497 e. The summed E-state index contributed by atoms with van der Waals surface area (Å²) in [6, 6.07) is 13.6. The Morgan fingerprint density at radius 2 is 1.90 bits per heavy atom. The van der Waals surface area contributed by atoms with Crippen molar-refractivity contribution < 1.29 is 9.47 Å². The number of methoxy groups -OCH3 is 1. The van der Waals surface area contributed by atoms with E-state index in [4.69, 9.17) is 26.8 Å². The van der Waals surface area contributed by atoms with Gasteiger partial charge in [-0.25, -0.2) is 0 Å². The first kappa shape index (κ1) is 23.2. The van der Waals surface area contributed by atoms with E-state index in [2.05, 4.69) is 31.0 Å². The van der Waals surface area contributed by atoms with E-state index in [0.717, 1.165) is 36.8 Å². The van der Waals surface area contributed by atoms with Crippen molar-refractivity contribution in [1.82, 2.24) is 4.98 Å². The second-order valence-electron chi connectivity index (χ2n) is 7.86. The van der Waals surface area contributed by atoms with E-state index >= 15 is 0 Å². The number of H-pyrrole nitrogens is 1. The van der Waals surface area contributed by atoms with E-state index in [0.29, 0.717) is 16.2 Å². The fourth-order valence-electron chi connectivity index (χ4n) is 3.95. The van der Waals surface area contributed by atoms with Crippen LogP contribution in [0.2, 0.25) is 5.02 Å². The molecule has 2 aromatic carbocycles. The lowest BCUT2D eigenvalue weighted by molar-refractivity contribution is 0.179. The van der Waals surface area contributed by atoms with Gasteiger partial charge in [-0.3, -0.25) is 4.79 Å². The fraction of sp³-hybridized carbons (Fsp3) is 0.400. The molecule has 1 heterocycles. The highest BCUT2D eigenvalue weighted by atomic mass is 35.5. The Hall–Kier alpha value is -2.50. The molecular formula is C25H31ClN2O3. The number of ether oxygens (including phenoxy) is 2. The molecule has 31 heavy (non-hydrogen) atoms. The summed E-state index contributed by atoms with van der Waals surface area (Å²) in [5.41, 5.74) is 7.51. The molecule has 5 nitrogen and oxygen atoms in total. The molecule has 0 aliphatic rings. The zero-order valence-electron chi connectivity index (χ0n) is 18.4. The van der Waals surface area contributed by atoms with Gasteiger partial charge in [0.05, 0.1) is 18.2 Å². The third kappa shape index (κ3) is 5.60. The Morgan fingerprint density at radius 3 is 2.61 bits per heavy atom. The number of nitrogens with two attached hydrogens (primary N) is 1. The average Bonchev–Trinajstić information content (AvgIpc) is 2.79. The number of hydrogen-bond donors (Lipinski definition) is 2. The van der Waals surface area contributed by atoms with Crippen LogP contribution in [0.25, 0.3) is 10.8 Å². The summed E-state index contributed by atoms with van der Waals surface area (Å²) in [5.74, 6) is 1.65. The van der Waals surface area contributed by atoms with Crippen LogP contribution in [0, 0.1) is 0 Å². The van der Waals surface area contributed by atoms with Gasteiger partial charge in [0.25, 0.3) is 5.56 Å². The summed E-state index contributed by atoms with van der Waals surface area (Å²) >= 11 is 6.43. The van der Waals surface area contributed by atoms with E-state index in [1.165, 1.54) is 5.56 Å². The van der Waals surface area contributed by atoms with Crippen molar-refractivity contribution in [2.75, 3.05) is 7.11 Å². The van der Waals surface area contributed by atoms with Crippen LogP contribution in [0.1, 0.15) is 51.0 Å². The Balaban J connectivity index is 1.77. The first-order valence-electron chi connectivity index (χ1n) is 10.8. The third-order valence-electron chi connectivity index (χ3n) is 5.88. The quantitative estimate of drug-likeness (QED) is 0.425. The normalized spacial score (nSPS) is 14.2. The lowest BCUT2D eigenvalue weighted by Gasteiger charge is -2.26. The molecule has 0 radical (unpaired) electrons. The number of aromatic amines is 1. The Kier molecular flexibility index (Phi) is 7.99. The van der Waals surface area contributed by atoms with Crippen molar-refractivity contribution in [2.24, 2.45) is 5.73 Å². The number of benzene rings is 2. The average molecular weight is 443 g/mol. The number of nitrogens with one attached hydrogen (secondary N) is 1. The Labute approximate surface area is 188 Å². The number of halogens is 1. The van der Waals surface area contributed by atoms with Crippen LogP contribution in [0.4, 0.5) is 0 Å². The topological polar surface area (TPSA) is 77.3 Å². The molecule has 0 fully saturated rings.